The Kier molecular flexibility index (Phi) is 7.45. The maximum Gasteiger partial charge on any atom is 0.311 e. The number of benzene rings is 3. The van der Waals surface area contributed by atoms with Crippen molar-refractivity contribution in [2.45, 2.75) is 26.3 Å². The maximum atomic E-state index is 12.5. The van der Waals surface area contributed by atoms with Crippen LogP contribution in [-0.4, -0.2) is 30.9 Å². The number of ether oxygens (including phenoxy) is 2. The topological polar surface area (TPSA) is 84.9 Å². The lowest BCUT2D eigenvalue weighted by atomic mass is 10.1. The fourth-order valence-corrected chi connectivity index (χ4v) is 3.91. The number of nitrogens with zero attached hydrogens (tertiary/aromatic N) is 1. The molecule has 0 saturated carbocycles. The van der Waals surface area contributed by atoms with Crippen molar-refractivity contribution in [3.63, 3.8) is 0 Å². The van der Waals surface area contributed by atoms with Crippen molar-refractivity contribution < 1.29 is 23.9 Å². The molecule has 2 amide bonds. The third kappa shape index (κ3) is 6.26. The first-order valence-electron chi connectivity index (χ1n) is 11.5. The van der Waals surface area contributed by atoms with Crippen LogP contribution in [0.3, 0.4) is 0 Å². The first kappa shape index (κ1) is 24.0. The molecule has 1 aliphatic rings. The number of rotatable bonds is 8. The molecule has 7 nitrogen and oxygen atoms in total. The van der Waals surface area contributed by atoms with E-state index in [2.05, 4.69) is 5.32 Å². The molecule has 1 heterocycles. The third-order valence-corrected chi connectivity index (χ3v) is 5.89. The Morgan fingerprint density at radius 2 is 1.60 bits per heavy atom. The van der Waals surface area contributed by atoms with E-state index in [1.807, 2.05) is 68.4 Å². The molecule has 1 fully saturated rings. The zero-order valence-corrected chi connectivity index (χ0v) is 19.8. The summed E-state index contributed by atoms with van der Waals surface area (Å²) in [5.74, 6) is -0.351. The molecule has 1 saturated heterocycles. The van der Waals surface area contributed by atoms with Gasteiger partial charge in [-0.3, -0.25) is 14.4 Å². The van der Waals surface area contributed by atoms with Gasteiger partial charge in [0.15, 0.2) is 6.61 Å². The van der Waals surface area contributed by atoms with Crippen LogP contribution in [0.15, 0.2) is 78.9 Å². The van der Waals surface area contributed by atoms with Gasteiger partial charge >= 0.3 is 5.97 Å². The molecule has 0 unspecified atom stereocenters. The first-order valence-corrected chi connectivity index (χ1v) is 11.5. The van der Waals surface area contributed by atoms with Gasteiger partial charge in [0.2, 0.25) is 5.91 Å². The van der Waals surface area contributed by atoms with Crippen LogP contribution in [0.25, 0.3) is 0 Å². The number of anilines is 1. The van der Waals surface area contributed by atoms with E-state index >= 15 is 0 Å². The molecule has 0 spiro atoms. The van der Waals surface area contributed by atoms with Gasteiger partial charge in [-0.15, -0.1) is 0 Å². The van der Waals surface area contributed by atoms with Crippen molar-refractivity contribution in [1.29, 1.82) is 0 Å². The molecule has 3 aromatic carbocycles. The van der Waals surface area contributed by atoms with E-state index < -0.39 is 11.9 Å². The minimum atomic E-state index is -0.620. The molecule has 1 aliphatic heterocycles. The van der Waals surface area contributed by atoms with E-state index in [-0.39, 0.29) is 37.4 Å². The van der Waals surface area contributed by atoms with E-state index in [9.17, 15) is 14.4 Å². The normalized spacial score (nSPS) is 16.0. The van der Waals surface area contributed by atoms with Gasteiger partial charge in [0.05, 0.1) is 12.0 Å². The molecule has 7 heteroatoms. The Hall–Kier alpha value is -4.13. The molecule has 0 aliphatic carbocycles. The van der Waals surface area contributed by atoms with Gasteiger partial charge < -0.3 is 19.7 Å². The number of esters is 1. The molecule has 4 rings (SSSR count). The highest BCUT2D eigenvalue weighted by Gasteiger charge is 2.36. The summed E-state index contributed by atoms with van der Waals surface area (Å²) in [7, 11) is 0. The minimum absolute atomic E-state index is 0.0441. The van der Waals surface area contributed by atoms with Crippen molar-refractivity contribution in [2.75, 3.05) is 18.1 Å². The quantitative estimate of drug-likeness (QED) is 0.486. The summed E-state index contributed by atoms with van der Waals surface area (Å²) in [5.41, 5.74) is 2.78. The van der Waals surface area contributed by atoms with Crippen molar-refractivity contribution in [1.82, 2.24) is 5.32 Å². The smallest absolute Gasteiger partial charge is 0.311 e. The predicted octanol–water partition coefficient (Wildman–Crippen LogP) is 4.56. The highest BCUT2D eigenvalue weighted by molar-refractivity contribution is 5.99. The molecule has 3 aromatic rings. The largest absolute Gasteiger partial charge is 0.457 e. The van der Waals surface area contributed by atoms with Crippen LogP contribution in [0.4, 0.5) is 5.69 Å². The summed E-state index contributed by atoms with van der Waals surface area (Å²) < 4.78 is 11.0. The molecular weight excluding hydrogens is 444 g/mol. The lowest BCUT2D eigenvalue weighted by molar-refractivity contribution is -0.152. The van der Waals surface area contributed by atoms with E-state index in [0.29, 0.717) is 11.4 Å². The fraction of sp³-hybridized carbons (Fsp3) is 0.250. The van der Waals surface area contributed by atoms with Crippen LogP contribution in [0.5, 0.6) is 11.5 Å². The highest BCUT2D eigenvalue weighted by atomic mass is 16.5. The van der Waals surface area contributed by atoms with Crippen LogP contribution >= 0.6 is 0 Å². The minimum Gasteiger partial charge on any atom is -0.457 e. The average Bonchev–Trinajstić information content (AvgIpc) is 3.26. The van der Waals surface area contributed by atoms with E-state index in [4.69, 9.17) is 9.47 Å². The average molecular weight is 473 g/mol. The Morgan fingerprint density at radius 1 is 0.971 bits per heavy atom. The van der Waals surface area contributed by atoms with Gasteiger partial charge in [0, 0.05) is 18.7 Å². The fourth-order valence-electron chi connectivity index (χ4n) is 3.91. The molecule has 0 bridgehead atoms. The van der Waals surface area contributed by atoms with Gasteiger partial charge in [-0.1, -0.05) is 48.0 Å². The van der Waals surface area contributed by atoms with Gasteiger partial charge in [-0.25, -0.2) is 0 Å². The summed E-state index contributed by atoms with van der Waals surface area (Å²) in [6.45, 7) is 3.69. The van der Waals surface area contributed by atoms with E-state index in [0.717, 1.165) is 16.9 Å². The Morgan fingerprint density at radius 3 is 2.26 bits per heavy atom. The molecule has 35 heavy (non-hydrogen) atoms. The maximum absolute atomic E-state index is 12.5. The number of hydrogen-bond acceptors (Lipinski definition) is 5. The third-order valence-electron chi connectivity index (χ3n) is 5.89. The number of aryl methyl sites for hydroxylation is 1. The lowest BCUT2D eigenvalue weighted by Gasteiger charge is -2.17. The summed E-state index contributed by atoms with van der Waals surface area (Å²) in [6.07, 6.45) is 0.0441. The van der Waals surface area contributed by atoms with Crippen LogP contribution in [0.2, 0.25) is 0 Å². The SMILES string of the molecule is Cc1ccc(Oc2ccc(N3C[C@@H](C(=O)OCC(=O)N[C@@H](C)c4ccccc4)CC3=O)cc2)cc1. The van der Waals surface area contributed by atoms with E-state index in [1.54, 1.807) is 29.2 Å². The second-order valence-corrected chi connectivity index (χ2v) is 8.62. The highest BCUT2D eigenvalue weighted by Crippen LogP contribution is 2.29. The second kappa shape index (κ2) is 10.9. The van der Waals surface area contributed by atoms with Gasteiger partial charge in [0.25, 0.3) is 5.91 Å². The van der Waals surface area contributed by atoms with Crippen LogP contribution in [0, 0.1) is 12.8 Å². The van der Waals surface area contributed by atoms with Crippen LogP contribution in [0.1, 0.15) is 30.5 Å². The number of nitrogens with one attached hydrogen (secondary N) is 1. The Balaban J connectivity index is 1.27. The molecule has 2 atom stereocenters. The van der Waals surface area contributed by atoms with Gasteiger partial charge in [-0.2, -0.15) is 0 Å². The number of carbonyl (C=O) groups excluding carboxylic acids is 3. The molecule has 180 valence electrons. The van der Waals surface area contributed by atoms with Crippen LogP contribution in [-0.2, 0) is 19.1 Å². The molecular formula is C28H28N2O5. The van der Waals surface area contributed by atoms with Crippen LogP contribution < -0.4 is 15.0 Å². The lowest BCUT2D eigenvalue weighted by Crippen LogP contribution is -2.32. The monoisotopic (exact) mass is 472 g/mol. The van der Waals surface area contributed by atoms with E-state index in [1.165, 1.54) is 0 Å². The number of carbonyl (C=O) groups is 3. The van der Waals surface area contributed by atoms with Crippen molar-refractivity contribution in [3.8, 4) is 11.5 Å². The van der Waals surface area contributed by atoms with Crippen molar-refractivity contribution in [2.24, 2.45) is 5.92 Å². The summed E-state index contributed by atoms with van der Waals surface area (Å²) >= 11 is 0. The predicted molar refractivity (Wildman–Crippen MR) is 132 cm³/mol. The Labute approximate surface area is 204 Å². The van der Waals surface area contributed by atoms with Crippen molar-refractivity contribution >= 4 is 23.5 Å². The summed E-state index contributed by atoms with van der Waals surface area (Å²) in [5, 5.41) is 2.81. The zero-order chi connectivity index (χ0) is 24.8. The molecule has 0 radical (unpaired) electrons. The first-order chi connectivity index (χ1) is 16.9. The number of amides is 2. The standard InChI is InChI=1S/C28H28N2O5/c1-19-8-12-24(13-9-19)35-25-14-10-23(11-15-25)30-17-22(16-27(30)32)28(33)34-18-26(31)29-20(2)21-6-4-3-5-7-21/h3-15,20,22H,16-18H2,1-2H3,(H,29,31)/t20-,22-/m0/s1. The van der Waals surface area contributed by atoms with Gasteiger partial charge in [-0.05, 0) is 55.8 Å². The summed E-state index contributed by atoms with van der Waals surface area (Å²) in [4.78, 5) is 38.8. The molecule has 0 aromatic heterocycles. The summed E-state index contributed by atoms with van der Waals surface area (Å²) in [6, 6.07) is 24.2. The van der Waals surface area contributed by atoms with Crippen molar-refractivity contribution in [3.05, 3.63) is 90.0 Å². The Bertz CT molecular complexity index is 1180. The molecule has 1 N–H and O–H groups in total. The zero-order valence-electron chi connectivity index (χ0n) is 19.8. The van der Waals surface area contributed by atoms with Gasteiger partial charge in [0.1, 0.15) is 11.5 Å². The number of hydrogen-bond donors (Lipinski definition) is 1. The second-order valence-electron chi connectivity index (χ2n) is 8.62.